The highest BCUT2D eigenvalue weighted by Crippen LogP contribution is 2.46. The van der Waals surface area contributed by atoms with E-state index in [1.165, 1.54) is 6.26 Å². The molecular weight excluding hydrogens is 378 g/mol. The molecule has 0 fully saturated rings. The molecule has 0 bridgehead atoms. The standard InChI is InChI=1S/C25H17NO4/c27-25(22-9-4-12-28-22)26-14-17-5-1-2-6-19(17)24-18(7-3-8-20(24)26)16-10-11-21-23(13-16)30-15-29-21/h1-13H,14-15H2. The van der Waals surface area contributed by atoms with E-state index < -0.39 is 0 Å². The monoisotopic (exact) mass is 395 g/mol. The number of carbonyl (C=O) groups excluding carboxylic acids is 1. The van der Waals surface area contributed by atoms with Crippen LogP contribution in [-0.2, 0) is 6.54 Å². The van der Waals surface area contributed by atoms with Gasteiger partial charge in [-0.2, -0.15) is 0 Å². The van der Waals surface area contributed by atoms with E-state index in [0.29, 0.717) is 12.3 Å². The Morgan fingerprint density at radius 1 is 0.833 bits per heavy atom. The largest absolute Gasteiger partial charge is 0.459 e. The minimum atomic E-state index is -0.154. The lowest BCUT2D eigenvalue weighted by Crippen LogP contribution is -2.33. The lowest BCUT2D eigenvalue weighted by molar-refractivity contribution is 0.0958. The third-order valence-corrected chi connectivity index (χ3v) is 5.61. The number of carbonyl (C=O) groups is 1. The van der Waals surface area contributed by atoms with Crippen LogP contribution in [0.1, 0.15) is 16.1 Å². The molecule has 0 unspecified atom stereocenters. The van der Waals surface area contributed by atoms with Crippen molar-refractivity contribution in [3.05, 3.63) is 90.4 Å². The van der Waals surface area contributed by atoms with Gasteiger partial charge in [-0.3, -0.25) is 4.79 Å². The summed E-state index contributed by atoms with van der Waals surface area (Å²) >= 11 is 0. The molecule has 0 atom stereocenters. The van der Waals surface area contributed by atoms with Gasteiger partial charge in [0.2, 0.25) is 6.79 Å². The van der Waals surface area contributed by atoms with E-state index in [9.17, 15) is 4.79 Å². The van der Waals surface area contributed by atoms with Crippen LogP contribution in [0, 0.1) is 0 Å². The van der Waals surface area contributed by atoms with Crippen LogP contribution in [-0.4, -0.2) is 12.7 Å². The maximum atomic E-state index is 13.2. The summed E-state index contributed by atoms with van der Waals surface area (Å²) in [4.78, 5) is 15.0. The highest BCUT2D eigenvalue weighted by Gasteiger charge is 2.30. The number of anilines is 1. The van der Waals surface area contributed by atoms with Crippen LogP contribution in [0.15, 0.2) is 83.5 Å². The Morgan fingerprint density at radius 2 is 1.70 bits per heavy atom. The second kappa shape index (κ2) is 6.52. The molecule has 0 aliphatic carbocycles. The van der Waals surface area contributed by atoms with E-state index in [-0.39, 0.29) is 12.7 Å². The summed E-state index contributed by atoms with van der Waals surface area (Å²) in [5, 5.41) is 0. The molecule has 0 spiro atoms. The van der Waals surface area contributed by atoms with Gasteiger partial charge in [0, 0.05) is 5.56 Å². The molecule has 5 nitrogen and oxygen atoms in total. The number of furan rings is 1. The number of fused-ring (bicyclic) bond motifs is 4. The van der Waals surface area contributed by atoms with Gasteiger partial charge in [-0.25, -0.2) is 0 Å². The molecule has 2 aliphatic heterocycles. The molecule has 1 amide bonds. The fraction of sp³-hybridized carbons (Fsp3) is 0.0800. The summed E-state index contributed by atoms with van der Waals surface area (Å²) in [6.07, 6.45) is 1.52. The molecule has 2 aliphatic rings. The Balaban J connectivity index is 1.56. The smallest absolute Gasteiger partial charge is 0.294 e. The number of amides is 1. The number of hydrogen-bond donors (Lipinski definition) is 0. The van der Waals surface area contributed by atoms with E-state index >= 15 is 0 Å². The first kappa shape index (κ1) is 16.9. The first-order chi connectivity index (χ1) is 14.8. The molecule has 1 aromatic heterocycles. The maximum Gasteiger partial charge on any atom is 0.294 e. The van der Waals surface area contributed by atoms with Crippen molar-refractivity contribution in [1.29, 1.82) is 0 Å². The van der Waals surface area contributed by atoms with Crippen molar-refractivity contribution in [1.82, 2.24) is 0 Å². The van der Waals surface area contributed by atoms with Gasteiger partial charge in [0.05, 0.1) is 18.5 Å². The van der Waals surface area contributed by atoms with Crippen LogP contribution in [0.2, 0.25) is 0 Å². The van der Waals surface area contributed by atoms with Crippen molar-refractivity contribution in [2.75, 3.05) is 11.7 Å². The van der Waals surface area contributed by atoms with Crippen molar-refractivity contribution in [3.63, 3.8) is 0 Å². The van der Waals surface area contributed by atoms with Crippen LogP contribution in [0.25, 0.3) is 22.3 Å². The average molecular weight is 395 g/mol. The lowest BCUT2D eigenvalue weighted by atomic mass is 9.87. The van der Waals surface area contributed by atoms with Crippen molar-refractivity contribution in [2.24, 2.45) is 0 Å². The molecule has 6 rings (SSSR count). The SMILES string of the molecule is O=C(c1ccco1)N1Cc2ccccc2-c2c(-c3ccc4c(c3)OCO4)cccc21. The minimum absolute atomic E-state index is 0.154. The molecular formula is C25H17NO4. The van der Waals surface area contributed by atoms with Gasteiger partial charge >= 0.3 is 0 Å². The molecule has 5 heteroatoms. The zero-order valence-electron chi connectivity index (χ0n) is 16.0. The number of rotatable bonds is 2. The van der Waals surface area contributed by atoms with E-state index in [1.54, 1.807) is 17.0 Å². The zero-order valence-corrected chi connectivity index (χ0v) is 16.0. The van der Waals surface area contributed by atoms with Gasteiger partial charge in [-0.05, 0) is 52.6 Å². The molecule has 0 saturated carbocycles. The van der Waals surface area contributed by atoms with Crippen molar-refractivity contribution in [2.45, 2.75) is 6.54 Å². The quantitative estimate of drug-likeness (QED) is 0.450. The zero-order chi connectivity index (χ0) is 20.1. The maximum absolute atomic E-state index is 13.2. The molecule has 146 valence electrons. The molecule has 3 aromatic carbocycles. The topological polar surface area (TPSA) is 51.9 Å². The summed E-state index contributed by atoms with van der Waals surface area (Å²) < 4.78 is 16.4. The summed E-state index contributed by atoms with van der Waals surface area (Å²) in [7, 11) is 0. The second-order valence-corrected chi connectivity index (χ2v) is 7.29. The lowest BCUT2D eigenvalue weighted by Gasteiger charge is -2.32. The van der Waals surface area contributed by atoms with Crippen molar-refractivity contribution in [3.8, 4) is 33.8 Å². The summed E-state index contributed by atoms with van der Waals surface area (Å²) in [5.74, 6) is 1.66. The van der Waals surface area contributed by atoms with Crippen molar-refractivity contribution < 1.29 is 18.7 Å². The molecule has 4 aromatic rings. The Kier molecular flexibility index (Phi) is 3.68. The highest BCUT2D eigenvalue weighted by molar-refractivity contribution is 6.09. The summed E-state index contributed by atoms with van der Waals surface area (Å²) in [6.45, 7) is 0.729. The molecule has 0 saturated heterocycles. The van der Waals surface area contributed by atoms with Gasteiger partial charge in [0.25, 0.3) is 5.91 Å². The second-order valence-electron chi connectivity index (χ2n) is 7.29. The average Bonchev–Trinajstić information content (AvgIpc) is 3.49. The Bertz CT molecular complexity index is 1280. The Labute approximate surface area is 173 Å². The van der Waals surface area contributed by atoms with E-state index in [1.807, 2.05) is 42.5 Å². The van der Waals surface area contributed by atoms with Crippen LogP contribution in [0.4, 0.5) is 5.69 Å². The molecule has 3 heterocycles. The molecule has 30 heavy (non-hydrogen) atoms. The fourth-order valence-corrected chi connectivity index (χ4v) is 4.22. The van der Waals surface area contributed by atoms with Crippen LogP contribution >= 0.6 is 0 Å². The Hall–Kier alpha value is -3.99. The third kappa shape index (κ3) is 2.52. The first-order valence-electron chi connectivity index (χ1n) is 9.76. The van der Waals surface area contributed by atoms with Crippen LogP contribution < -0.4 is 14.4 Å². The number of ether oxygens (including phenoxy) is 2. The van der Waals surface area contributed by atoms with E-state index in [2.05, 4.69) is 18.2 Å². The summed E-state index contributed by atoms with van der Waals surface area (Å²) in [6, 6.07) is 23.6. The molecule has 0 radical (unpaired) electrons. The molecule has 0 N–H and O–H groups in total. The first-order valence-corrected chi connectivity index (χ1v) is 9.76. The number of benzene rings is 3. The number of nitrogens with zero attached hydrogens (tertiary/aromatic N) is 1. The third-order valence-electron chi connectivity index (χ3n) is 5.61. The van der Waals surface area contributed by atoms with Gasteiger partial charge in [0.15, 0.2) is 17.3 Å². The van der Waals surface area contributed by atoms with Crippen molar-refractivity contribution >= 4 is 11.6 Å². The summed E-state index contributed by atoms with van der Waals surface area (Å²) in [5.41, 5.74) is 6.17. The highest BCUT2D eigenvalue weighted by atomic mass is 16.7. The van der Waals surface area contributed by atoms with Gasteiger partial charge in [-0.15, -0.1) is 0 Å². The predicted octanol–water partition coefficient (Wildman–Crippen LogP) is 5.50. The van der Waals surface area contributed by atoms with Crippen LogP contribution in [0.3, 0.4) is 0 Å². The van der Waals surface area contributed by atoms with Gasteiger partial charge in [0.1, 0.15) is 0 Å². The van der Waals surface area contributed by atoms with Crippen LogP contribution in [0.5, 0.6) is 11.5 Å². The normalized spacial score (nSPS) is 13.7. The minimum Gasteiger partial charge on any atom is -0.459 e. The van der Waals surface area contributed by atoms with E-state index in [4.69, 9.17) is 13.9 Å². The Morgan fingerprint density at radius 3 is 2.60 bits per heavy atom. The predicted molar refractivity (Wildman–Crippen MR) is 113 cm³/mol. The number of hydrogen-bond acceptors (Lipinski definition) is 4. The fourth-order valence-electron chi connectivity index (χ4n) is 4.22. The van der Waals surface area contributed by atoms with Gasteiger partial charge in [-0.1, -0.05) is 42.5 Å². The van der Waals surface area contributed by atoms with Gasteiger partial charge < -0.3 is 18.8 Å². The van der Waals surface area contributed by atoms with E-state index in [0.717, 1.165) is 45.0 Å².